The first-order valence-corrected chi connectivity index (χ1v) is 7.26. The van der Waals surface area contributed by atoms with Gasteiger partial charge in [0.1, 0.15) is 0 Å². The molecule has 0 spiro atoms. The molecule has 1 N–H and O–H groups in total. The minimum absolute atomic E-state index is 0.493. The van der Waals surface area contributed by atoms with Crippen molar-refractivity contribution in [1.82, 2.24) is 9.69 Å². The SMILES string of the molecule is CC(NCc1nsc2ccccc12)C1CCOC1. The monoisotopic (exact) mass is 262 g/mol. The van der Waals surface area contributed by atoms with Gasteiger partial charge in [0.15, 0.2) is 0 Å². The van der Waals surface area contributed by atoms with E-state index in [2.05, 4.69) is 40.9 Å². The van der Waals surface area contributed by atoms with Gasteiger partial charge in [-0.15, -0.1) is 0 Å². The van der Waals surface area contributed by atoms with Crippen LogP contribution >= 0.6 is 11.5 Å². The average Bonchev–Trinajstić information content (AvgIpc) is 3.06. The second kappa shape index (κ2) is 5.34. The van der Waals surface area contributed by atoms with Gasteiger partial charge >= 0.3 is 0 Å². The Bertz CT molecular complexity index is 519. The smallest absolute Gasteiger partial charge is 0.0758 e. The van der Waals surface area contributed by atoms with Gasteiger partial charge in [0.2, 0.25) is 0 Å². The highest BCUT2D eigenvalue weighted by Crippen LogP contribution is 2.23. The molecule has 0 radical (unpaired) electrons. The van der Waals surface area contributed by atoms with E-state index in [9.17, 15) is 0 Å². The lowest BCUT2D eigenvalue weighted by Gasteiger charge is -2.18. The zero-order valence-corrected chi connectivity index (χ0v) is 11.4. The first kappa shape index (κ1) is 12.1. The van der Waals surface area contributed by atoms with E-state index in [-0.39, 0.29) is 0 Å². The van der Waals surface area contributed by atoms with Crippen molar-refractivity contribution in [2.45, 2.75) is 25.9 Å². The Morgan fingerprint density at radius 1 is 1.50 bits per heavy atom. The minimum Gasteiger partial charge on any atom is -0.381 e. The van der Waals surface area contributed by atoms with Gasteiger partial charge in [0.25, 0.3) is 0 Å². The van der Waals surface area contributed by atoms with Gasteiger partial charge < -0.3 is 10.1 Å². The Hall–Kier alpha value is -0.970. The maximum Gasteiger partial charge on any atom is 0.0758 e. The summed E-state index contributed by atoms with van der Waals surface area (Å²) in [6, 6.07) is 8.92. The highest BCUT2D eigenvalue weighted by molar-refractivity contribution is 7.13. The number of rotatable bonds is 4. The Kier molecular flexibility index (Phi) is 3.59. The van der Waals surface area contributed by atoms with Crippen LogP contribution in [0.1, 0.15) is 19.0 Å². The average molecular weight is 262 g/mol. The van der Waals surface area contributed by atoms with Crippen LogP contribution in [0.15, 0.2) is 24.3 Å². The van der Waals surface area contributed by atoms with Crippen molar-refractivity contribution in [1.29, 1.82) is 0 Å². The molecule has 2 heterocycles. The molecule has 18 heavy (non-hydrogen) atoms. The standard InChI is InChI=1S/C14H18N2OS/c1-10(11-6-7-17-9-11)15-8-13-12-4-2-3-5-14(12)18-16-13/h2-5,10-11,15H,6-9H2,1H3. The third-order valence-electron chi connectivity index (χ3n) is 3.72. The summed E-state index contributed by atoms with van der Waals surface area (Å²) in [6.45, 7) is 4.90. The summed E-state index contributed by atoms with van der Waals surface area (Å²) in [6.07, 6.45) is 1.17. The third kappa shape index (κ3) is 2.41. The number of ether oxygens (including phenoxy) is 1. The van der Waals surface area contributed by atoms with E-state index in [1.54, 1.807) is 11.5 Å². The highest BCUT2D eigenvalue weighted by Gasteiger charge is 2.22. The number of hydrogen-bond donors (Lipinski definition) is 1. The number of aromatic nitrogens is 1. The topological polar surface area (TPSA) is 34.2 Å². The molecule has 0 aliphatic carbocycles. The number of benzene rings is 1. The fourth-order valence-corrected chi connectivity index (χ4v) is 3.23. The maximum atomic E-state index is 5.43. The molecule has 1 aromatic heterocycles. The van der Waals surface area contributed by atoms with E-state index >= 15 is 0 Å². The van der Waals surface area contributed by atoms with Gasteiger partial charge in [-0.2, -0.15) is 4.37 Å². The van der Waals surface area contributed by atoms with Gasteiger partial charge in [0, 0.05) is 24.6 Å². The molecule has 3 rings (SSSR count). The fourth-order valence-electron chi connectivity index (χ4n) is 2.44. The van der Waals surface area contributed by atoms with Crippen LogP contribution in [-0.4, -0.2) is 23.6 Å². The quantitative estimate of drug-likeness (QED) is 0.920. The van der Waals surface area contributed by atoms with Crippen LogP contribution in [0, 0.1) is 5.92 Å². The summed E-state index contributed by atoms with van der Waals surface area (Å²) in [4.78, 5) is 0. The first-order valence-electron chi connectivity index (χ1n) is 6.49. The molecular formula is C14H18N2OS. The zero-order valence-electron chi connectivity index (χ0n) is 10.6. The molecule has 0 bridgehead atoms. The predicted molar refractivity (Wildman–Crippen MR) is 74.8 cm³/mol. The molecule has 2 unspecified atom stereocenters. The molecule has 1 aliphatic heterocycles. The molecule has 1 aromatic carbocycles. The lowest BCUT2D eigenvalue weighted by Crippen LogP contribution is -2.33. The summed E-state index contributed by atoms with van der Waals surface area (Å²) < 4.78 is 11.2. The zero-order chi connectivity index (χ0) is 12.4. The minimum atomic E-state index is 0.493. The van der Waals surface area contributed by atoms with Crippen molar-refractivity contribution in [2.75, 3.05) is 13.2 Å². The number of nitrogens with one attached hydrogen (secondary N) is 1. The Labute approximate surface area is 111 Å². The van der Waals surface area contributed by atoms with Gasteiger partial charge in [-0.25, -0.2) is 0 Å². The predicted octanol–water partition coefficient (Wildman–Crippen LogP) is 2.81. The van der Waals surface area contributed by atoms with Crippen molar-refractivity contribution in [3.63, 3.8) is 0 Å². The van der Waals surface area contributed by atoms with Crippen molar-refractivity contribution in [3.8, 4) is 0 Å². The van der Waals surface area contributed by atoms with Gasteiger partial charge in [0.05, 0.1) is 17.0 Å². The van der Waals surface area contributed by atoms with E-state index in [0.717, 1.165) is 19.8 Å². The van der Waals surface area contributed by atoms with Crippen LogP contribution in [-0.2, 0) is 11.3 Å². The van der Waals surface area contributed by atoms with Gasteiger partial charge in [-0.3, -0.25) is 0 Å². The summed E-state index contributed by atoms with van der Waals surface area (Å²) in [5.74, 6) is 0.648. The van der Waals surface area contributed by atoms with Crippen LogP contribution < -0.4 is 5.32 Å². The maximum absolute atomic E-state index is 5.43. The third-order valence-corrected chi connectivity index (χ3v) is 4.58. The van der Waals surface area contributed by atoms with Crippen molar-refractivity contribution in [2.24, 2.45) is 5.92 Å². The first-order chi connectivity index (χ1) is 8.84. The molecule has 1 saturated heterocycles. The Balaban J connectivity index is 1.65. The van der Waals surface area contributed by atoms with E-state index in [1.807, 2.05) is 0 Å². The number of fused-ring (bicyclic) bond motifs is 1. The molecule has 3 nitrogen and oxygen atoms in total. The van der Waals surface area contributed by atoms with Crippen LogP contribution in [0.5, 0.6) is 0 Å². The van der Waals surface area contributed by atoms with Gasteiger partial charge in [-0.1, -0.05) is 18.2 Å². The van der Waals surface area contributed by atoms with E-state index in [0.29, 0.717) is 12.0 Å². The molecular weight excluding hydrogens is 244 g/mol. The number of nitrogens with zero attached hydrogens (tertiary/aromatic N) is 1. The lowest BCUT2D eigenvalue weighted by molar-refractivity contribution is 0.178. The van der Waals surface area contributed by atoms with E-state index < -0.39 is 0 Å². The Morgan fingerprint density at radius 3 is 3.22 bits per heavy atom. The second-order valence-corrected chi connectivity index (χ2v) is 5.72. The largest absolute Gasteiger partial charge is 0.381 e. The van der Waals surface area contributed by atoms with Crippen LogP contribution in [0.2, 0.25) is 0 Å². The van der Waals surface area contributed by atoms with E-state index in [1.165, 1.54) is 22.2 Å². The van der Waals surface area contributed by atoms with Crippen molar-refractivity contribution in [3.05, 3.63) is 30.0 Å². The molecule has 2 aromatic rings. The van der Waals surface area contributed by atoms with Crippen molar-refractivity contribution < 1.29 is 4.74 Å². The van der Waals surface area contributed by atoms with Crippen molar-refractivity contribution >= 4 is 21.6 Å². The van der Waals surface area contributed by atoms with Crippen LogP contribution in [0.4, 0.5) is 0 Å². The molecule has 0 saturated carbocycles. The van der Waals surface area contributed by atoms with E-state index in [4.69, 9.17) is 4.74 Å². The lowest BCUT2D eigenvalue weighted by atomic mass is 10.0. The summed E-state index contributed by atoms with van der Waals surface area (Å²) in [5.41, 5.74) is 1.17. The summed E-state index contributed by atoms with van der Waals surface area (Å²) in [7, 11) is 0. The van der Waals surface area contributed by atoms with Crippen LogP contribution in [0.3, 0.4) is 0 Å². The summed E-state index contributed by atoms with van der Waals surface area (Å²) >= 11 is 1.58. The number of hydrogen-bond acceptors (Lipinski definition) is 4. The normalized spacial score (nSPS) is 21.5. The Morgan fingerprint density at radius 2 is 2.39 bits per heavy atom. The molecule has 4 heteroatoms. The molecule has 96 valence electrons. The second-order valence-electron chi connectivity index (χ2n) is 4.92. The summed E-state index contributed by atoms with van der Waals surface area (Å²) in [5, 5.41) is 4.87. The molecule has 0 amide bonds. The molecule has 1 fully saturated rings. The highest BCUT2D eigenvalue weighted by atomic mass is 32.1. The molecule has 1 aliphatic rings. The van der Waals surface area contributed by atoms with Gasteiger partial charge in [-0.05, 0) is 36.9 Å². The fraction of sp³-hybridized carbons (Fsp3) is 0.500. The molecule has 2 atom stereocenters. The van der Waals surface area contributed by atoms with Crippen LogP contribution in [0.25, 0.3) is 10.1 Å².